The van der Waals surface area contributed by atoms with Gasteiger partial charge in [0.15, 0.2) is 5.96 Å². The molecule has 7 heteroatoms. The maximum absolute atomic E-state index is 5.87. The van der Waals surface area contributed by atoms with Crippen LogP contribution in [-0.2, 0) is 9.47 Å². The predicted molar refractivity (Wildman–Crippen MR) is 135 cm³/mol. The smallest absolute Gasteiger partial charge is 0.194 e. The number of aliphatic imine (C=N–C) groups is 1. The zero-order valence-corrected chi connectivity index (χ0v) is 21.0. The number of anilines is 1. The second-order valence-corrected chi connectivity index (χ2v) is 8.03. The topological polar surface area (TPSA) is 49.3 Å². The number of aryl methyl sites for hydroxylation is 1. The number of nitrogens with zero attached hydrogens (tertiary/aromatic N) is 3. The van der Waals surface area contributed by atoms with Crippen molar-refractivity contribution in [2.45, 2.75) is 33.1 Å². The lowest BCUT2D eigenvalue weighted by Crippen LogP contribution is -2.52. The van der Waals surface area contributed by atoms with E-state index in [1.807, 2.05) is 0 Å². The first kappa shape index (κ1) is 25.2. The van der Waals surface area contributed by atoms with Crippen molar-refractivity contribution in [2.75, 3.05) is 70.6 Å². The first-order chi connectivity index (χ1) is 14.3. The normalized spacial score (nSPS) is 18.3. The fourth-order valence-corrected chi connectivity index (χ4v) is 3.94. The molecule has 1 N–H and O–H groups in total. The fourth-order valence-electron chi connectivity index (χ4n) is 3.94. The minimum atomic E-state index is 0. The van der Waals surface area contributed by atoms with Crippen molar-refractivity contribution in [3.8, 4) is 0 Å². The van der Waals surface area contributed by atoms with E-state index in [1.54, 1.807) is 0 Å². The van der Waals surface area contributed by atoms with Crippen molar-refractivity contribution in [3.63, 3.8) is 0 Å². The summed E-state index contributed by atoms with van der Waals surface area (Å²) in [5.41, 5.74) is 2.65. The fraction of sp³-hybridized carbons (Fsp3) is 0.696. The average Bonchev–Trinajstić information content (AvgIpc) is 2.76. The van der Waals surface area contributed by atoms with Crippen LogP contribution in [0.2, 0.25) is 0 Å². The number of halogens is 1. The van der Waals surface area contributed by atoms with Crippen LogP contribution in [0.1, 0.15) is 31.7 Å². The number of rotatable bonds is 8. The van der Waals surface area contributed by atoms with E-state index in [9.17, 15) is 0 Å². The van der Waals surface area contributed by atoms with E-state index in [2.05, 4.69) is 53.2 Å². The van der Waals surface area contributed by atoms with Crippen molar-refractivity contribution in [2.24, 2.45) is 10.9 Å². The third kappa shape index (κ3) is 8.23. The van der Waals surface area contributed by atoms with E-state index < -0.39 is 0 Å². The Labute approximate surface area is 199 Å². The molecule has 0 bridgehead atoms. The molecule has 0 aromatic heterocycles. The molecular weight excluding hydrogens is 491 g/mol. The molecule has 2 saturated heterocycles. The number of nitrogens with one attached hydrogen (secondary N) is 1. The molecule has 3 rings (SSSR count). The second-order valence-electron chi connectivity index (χ2n) is 8.03. The van der Waals surface area contributed by atoms with Gasteiger partial charge in [-0.1, -0.05) is 12.1 Å². The molecule has 1 aromatic carbocycles. The van der Waals surface area contributed by atoms with Crippen LogP contribution in [0.25, 0.3) is 0 Å². The molecule has 2 aliphatic rings. The molecule has 2 aliphatic heterocycles. The SMILES string of the molecule is CCNC(=NCCCOCC1CCOCC1)N1CCN(c2cccc(C)c2)CC1.I. The molecule has 0 atom stereocenters. The van der Waals surface area contributed by atoms with E-state index in [0.29, 0.717) is 5.92 Å². The van der Waals surface area contributed by atoms with Crippen LogP contribution >= 0.6 is 24.0 Å². The van der Waals surface area contributed by atoms with Gasteiger partial charge in [-0.2, -0.15) is 0 Å². The van der Waals surface area contributed by atoms with E-state index in [-0.39, 0.29) is 24.0 Å². The second kappa shape index (κ2) is 14.1. The molecule has 0 amide bonds. The summed E-state index contributed by atoms with van der Waals surface area (Å²) in [6, 6.07) is 8.78. The maximum Gasteiger partial charge on any atom is 0.194 e. The number of hydrogen-bond donors (Lipinski definition) is 1. The minimum Gasteiger partial charge on any atom is -0.381 e. The number of ether oxygens (including phenoxy) is 2. The summed E-state index contributed by atoms with van der Waals surface area (Å²) in [4.78, 5) is 9.70. The Kier molecular flexibility index (Phi) is 11.8. The molecule has 6 nitrogen and oxygen atoms in total. The van der Waals surface area contributed by atoms with Crippen LogP contribution in [0.3, 0.4) is 0 Å². The average molecular weight is 530 g/mol. The lowest BCUT2D eigenvalue weighted by atomic mass is 10.0. The van der Waals surface area contributed by atoms with E-state index in [1.165, 1.54) is 11.3 Å². The summed E-state index contributed by atoms with van der Waals surface area (Å²) in [5, 5.41) is 3.46. The molecular formula is C23H39IN4O2. The van der Waals surface area contributed by atoms with E-state index in [4.69, 9.17) is 14.5 Å². The van der Waals surface area contributed by atoms with Gasteiger partial charge in [0.25, 0.3) is 0 Å². The van der Waals surface area contributed by atoms with Crippen molar-refractivity contribution in [3.05, 3.63) is 29.8 Å². The molecule has 30 heavy (non-hydrogen) atoms. The van der Waals surface area contributed by atoms with Crippen LogP contribution in [0.5, 0.6) is 0 Å². The summed E-state index contributed by atoms with van der Waals surface area (Å²) >= 11 is 0. The molecule has 0 spiro atoms. The first-order valence-electron chi connectivity index (χ1n) is 11.3. The predicted octanol–water partition coefficient (Wildman–Crippen LogP) is 3.53. The highest BCUT2D eigenvalue weighted by Gasteiger charge is 2.20. The van der Waals surface area contributed by atoms with Gasteiger partial charge in [0.1, 0.15) is 0 Å². The highest BCUT2D eigenvalue weighted by Crippen LogP contribution is 2.18. The van der Waals surface area contributed by atoms with Gasteiger partial charge in [-0.25, -0.2) is 0 Å². The van der Waals surface area contributed by atoms with Gasteiger partial charge >= 0.3 is 0 Å². The van der Waals surface area contributed by atoms with Gasteiger partial charge in [-0.05, 0) is 56.7 Å². The Bertz CT molecular complexity index is 629. The first-order valence-corrected chi connectivity index (χ1v) is 11.3. The summed E-state index contributed by atoms with van der Waals surface area (Å²) in [6.45, 7) is 13.5. The van der Waals surface area contributed by atoms with E-state index >= 15 is 0 Å². The van der Waals surface area contributed by atoms with Gasteiger partial charge in [0, 0.05) is 71.4 Å². The molecule has 170 valence electrons. The van der Waals surface area contributed by atoms with Gasteiger partial charge in [-0.3, -0.25) is 4.99 Å². The number of piperazine rings is 1. The molecule has 2 heterocycles. The summed E-state index contributed by atoms with van der Waals surface area (Å²) < 4.78 is 11.3. The quantitative estimate of drug-likeness (QED) is 0.241. The summed E-state index contributed by atoms with van der Waals surface area (Å²) in [6.07, 6.45) is 3.25. The van der Waals surface area contributed by atoms with Crippen molar-refractivity contribution in [1.29, 1.82) is 0 Å². The molecule has 0 radical (unpaired) electrons. The van der Waals surface area contributed by atoms with Crippen molar-refractivity contribution >= 4 is 35.6 Å². The van der Waals surface area contributed by atoms with Gasteiger partial charge in [0.2, 0.25) is 0 Å². The molecule has 2 fully saturated rings. The Morgan fingerprint density at radius 2 is 1.97 bits per heavy atom. The molecule has 0 saturated carbocycles. The van der Waals surface area contributed by atoms with Crippen molar-refractivity contribution < 1.29 is 9.47 Å². The third-order valence-corrected chi connectivity index (χ3v) is 5.68. The molecule has 1 aromatic rings. The zero-order chi connectivity index (χ0) is 20.3. The highest BCUT2D eigenvalue weighted by molar-refractivity contribution is 14.0. The van der Waals surface area contributed by atoms with Crippen LogP contribution in [0.4, 0.5) is 5.69 Å². The van der Waals surface area contributed by atoms with Gasteiger partial charge < -0.3 is 24.6 Å². The molecule has 0 aliphatic carbocycles. The summed E-state index contributed by atoms with van der Waals surface area (Å²) in [5.74, 6) is 1.72. The Morgan fingerprint density at radius 3 is 2.67 bits per heavy atom. The Morgan fingerprint density at radius 1 is 1.20 bits per heavy atom. The number of hydrogen-bond acceptors (Lipinski definition) is 4. The third-order valence-electron chi connectivity index (χ3n) is 5.68. The van der Waals surface area contributed by atoms with Crippen molar-refractivity contribution in [1.82, 2.24) is 10.2 Å². The van der Waals surface area contributed by atoms with Gasteiger partial charge in [-0.15, -0.1) is 24.0 Å². The molecule has 0 unspecified atom stereocenters. The van der Waals surface area contributed by atoms with E-state index in [0.717, 1.165) is 90.9 Å². The van der Waals surface area contributed by atoms with Crippen LogP contribution in [0, 0.1) is 12.8 Å². The minimum absolute atomic E-state index is 0. The lowest BCUT2D eigenvalue weighted by Gasteiger charge is -2.37. The van der Waals surface area contributed by atoms with Gasteiger partial charge in [0.05, 0.1) is 0 Å². The summed E-state index contributed by atoms with van der Waals surface area (Å²) in [7, 11) is 0. The highest BCUT2D eigenvalue weighted by atomic mass is 127. The van der Waals surface area contributed by atoms with Crippen LogP contribution < -0.4 is 10.2 Å². The lowest BCUT2D eigenvalue weighted by molar-refractivity contribution is 0.0205. The Balaban J connectivity index is 0.00000320. The zero-order valence-electron chi connectivity index (χ0n) is 18.6. The largest absolute Gasteiger partial charge is 0.381 e. The monoisotopic (exact) mass is 530 g/mol. The number of guanidine groups is 1. The van der Waals surface area contributed by atoms with Crippen LogP contribution in [0.15, 0.2) is 29.3 Å². The maximum atomic E-state index is 5.87. The van der Waals surface area contributed by atoms with Crippen LogP contribution in [-0.4, -0.2) is 76.6 Å². The Hall–Kier alpha value is -1.06. The number of benzene rings is 1. The standard InChI is InChI=1S/C23H38N4O2.HI/c1-3-24-23(25-10-5-15-29-19-21-8-16-28-17-9-21)27-13-11-26(12-14-27)22-7-4-6-20(2)18-22;/h4,6-7,18,21H,3,5,8-17,19H2,1-2H3,(H,24,25);1H.